The second kappa shape index (κ2) is 8.99. The molecular formula is C20H28N2O5. The van der Waals surface area contributed by atoms with E-state index in [1.807, 2.05) is 31.2 Å². The van der Waals surface area contributed by atoms with E-state index in [1.54, 1.807) is 6.92 Å². The van der Waals surface area contributed by atoms with Crippen molar-refractivity contribution < 1.29 is 23.9 Å². The Morgan fingerprint density at radius 1 is 1.33 bits per heavy atom. The highest BCUT2D eigenvalue weighted by atomic mass is 16.6. The molecule has 7 nitrogen and oxygen atoms in total. The minimum atomic E-state index is -1.07. The molecule has 2 N–H and O–H groups in total. The highest BCUT2D eigenvalue weighted by Crippen LogP contribution is 2.25. The Hall–Kier alpha value is -2.41. The van der Waals surface area contributed by atoms with Crippen molar-refractivity contribution in [2.24, 2.45) is 0 Å². The van der Waals surface area contributed by atoms with Crippen LogP contribution in [-0.4, -0.2) is 49.2 Å². The second-order valence-corrected chi connectivity index (χ2v) is 7.07. The maximum absolute atomic E-state index is 13.2. The van der Waals surface area contributed by atoms with Gasteiger partial charge < -0.3 is 20.1 Å². The lowest BCUT2D eigenvalue weighted by Gasteiger charge is -2.31. The van der Waals surface area contributed by atoms with Crippen molar-refractivity contribution in [2.45, 2.75) is 57.7 Å². The lowest BCUT2D eigenvalue weighted by atomic mass is 9.87. The van der Waals surface area contributed by atoms with Crippen molar-refractivity contribution in [3.8, 4) is 0 Å². The second-order valence-electron chi connectivity index (χ2n) is 7.07. The average Bonchev–Trinajstić information content (AvgIpc) is 3.07. The summed E-state index contributed by atoms with van der Waals surface area (Å²) in [6, 6.07) is 6.94. The fourth-order valence-corrected chi connectivity index (χ4v) is 3.51. The Kier molecular flexibility index (Phi) is 6.96. The zero-order valence-electron chi connectivity index (χ0n) is 16.3. The summed E-state index contributed by atoms with van der Waals surface area (Å²) in [5, 5.41) is 6.05. The fraction of sp³-hybridized carbons (Fsp3) is 0.550. The van der Waals surface area contributed by atoms with Crippen LogP contribution in [0.5, 0.6) is 0 Å². The Labute approximate surface area is 159 Å². The van der Waals surface area contributed by atoms with Gasteiger partial charge in [0.1, 0.15) is 11.6 Å². The van der Waals surface area contributed by atoms with Crippen LogP contribution in [0.3, 0.4) is 0 Å². The number of hydrogen-bond donors (Lipinski definition) is 2. The number of methoxy groups -OCH3 is 1. The summed E-state index contributed by atoms with van der Waals surface area (Å²) in [5.41, 5.74) is 1.36. The van der Waals surface area contributed by atoms with Gasteiger partial charge >= 0.3 is 11.9 Å². The minimum Gasteiger partial charge on any atom is -0.467 e. The van der Waals surface area contributed by atoms with Crippen molar-refractivity contribution in [1.82, 2.24) is 10.6 Å². The molecule has 1 amide bonds. The summed E-state index contributed by atoms with van der Waals surface area (Å²) in [6.45, 7) is 5.54. The van der Waals surface area contributed by atoms with E-state index in [1.165, 1.54) is 14.0 Å². The number of amides is 1. The number of benzene rings is 1. The average molecular weight is 376 g/mol. The van der Waals surface area contributed by atoms with Gasteiger partial charge in [-0.05, 0) is 45.2 Å². The van der Waals surface area contributed by atoms with Crippen LogP contribution in [-0.2, 0) is 30.3 Å². The molecule has 0 saturated carbocycles. The van der Waals surface area contributed by atoms with E-state index in [4.69, 9.17) is 9.47 Å². The minimum absolute atomic E-state index is 0.295. The standard InChI is InChI=1S/C20H28N2O5/c1-13-7-5-8-16(11-13)12-20(9-6-10-21-20)19(25)22-17(18(24)26-4)14(2)27-15(3)23/h5,7-8,11,14,17,21H,6,9-10,12H2,1-4H3,(H,22,25)/t14-,17?,20-/m1/s1. The number of ether oxygens (including phenoxy) is 2. The Morgan fingerprint density at radius 2 is 2.07 bits per heavy atom. The van der Waals surface area contributed by atoms with E-state index in [0.717, 1.165) is 24.1 Å². The molecule has 1 aromatic rings. The number of carbonyl (C=O) groups excluding carboxylic acids is 3. The maximum Gasteiger partial charge on any atom is 0.332 e. The van der Waals surface area contributed by atoms with Gasteiger partial charge in [-0.3, -0.25) is 9.59 Å². The predicted molar refractivity (Wildman–Crippen MR) is 100 cm³/mol. The van der Waals surface area contributed by atoms with Gasteiger partial charge in [-0.15, -0.1) is 0 Å². The molecule has 1 saturated heterocycles. The third kappa shape index (κ3) is 5.29. The van der Waals surface area contributed by atoms with E-state index in [0.29, 0.717) is 12.8 Å². The Bertz CT molecular complexity index is 697. The van der Waals surface area contributed by atoms with Crippen LogP contribution in [0, 0.1) is 6.92 Å². The van der Waals surface area contributed by atoms with Crippen LogP contribution in [0.2, 0.25) is 0 Å². The zero-order valence-corrected chi connectivity index (χ0v) is 16.3. The molecule has 1 aliphatic heterocycles. The van der Waals surface area contributed by atoms with Crippen molar-refractivity contribution in [1.29, 1.82) is 0 Å². The van der Waals surface area contributed by atoms with Crippen LogP contribution in [0.4, 0.5) is 0 Å². The molecule has 0 bridgehead atoms. The monoisotopic (exact) mass is 376 g/mol. The van der Waals surface area contributed by atoms with Gasteiger partial charge in [0.2, 0.25) is 5.91 Å². The first kappa shape index (κ1) is 20.9. The van der Waals surface area contributed by atoms with Crippen molar-refractivity contribution in [3.05, 3.63) is 35.4 Å². The summed E-state index contributed by atoms with van der Waals surface area (Å²) >= 11 is 0. The highest BCUT2D eigenvalue weighted by Gasteiger charge is 2.43. The van der Waals surface area contributed by atoms with Gasteiger partial charge in [0.25, 0.3) is 0 Å². The van der Waals surface area contributed by atoms with Crippen molar-refractivity contribution in [3.63, 3.8) is 0 Å². The van der Waals surface area contributed by atoms with Crippen LogP contribution in [0.1, 0.15) is 37.8 Å². The fourth-order valence-electron chi connectivity index (χ4n) is 3.51. The topological polar surface area (TPSA) is 93.7 Å². The maximum atomic E-state index is 13.2. The Morgan fingerprint density at radius 3 is 2.63 bits per heavy atom. The van der Waals surface area contributed by atoms with Gasteiger partial charge in [-0.2, -0.15) is 0 Å². The predicted octanol–water partition coefficient (Wildman–Crippen LogP) is 1.27. The number of carbonyl (C=O) groups is 3. The van der Waals surface area contributed by atoms with E-state index in [2.05, 4.69) is 10.6 Å². The first-order chi connectivity index (χ1) is 12.8. The number of aryl methyl sites for hydroxylation is 1. The van der Waals surface area contributed by atoms with Crippen molar-refractivity contribution >= 4 is 17.8 Å². The van der Waals surface area contributed by atoms with E-state index in [-0.39, 0.29) is 5.91 Å². The van der Waals surface area contributed by atoms with E-state index < -0.39 is 29.6 Å². The van der Waals surface area contributed by atoms with Crippen LogP contribution >= 0.6 is 0 Å². The quantitative estimate of drug-likeness (QED) is 0.696. The molecule has 2 rings (SSSR count). The third-order valence-electron chi connectivity index (χ3n) is 4.83. The van der Waals surface area contributed by atoms with E-state index in [9.17, 15) is 14.4 Å². The number of rotatable bonds is 7. The molecule has 0 aromatic heterocycles. The summed E-state index contributed by atoms with van der Waals surface area (Å²) in [4.78, 5) is 36.5. The zero-order chi connectivity index (χ0) is 20.0. The third-order valence-corrected chi connectivity index (χ3v) is 4.83. The smallest absolute Gasteiger partial charge is 0.332 e. The molecule has 27 heavy (non-hydrogen) atoms. The number of hydrogen-bond acceptors (Lipinski definition) is 6. The number of esters is 2. The van der Waals surface area contributed by atoms with Crippen LogP contribution in [0.15, 0.2) is 24.3 Å². The van der Waals surface area contributed by atoms with Crippen molar-refractivity contribution in [2.75, 3.05) is 13.7 Å². The highest BCUT2D eigenvalue weighted by molar-refractivity contribution is 5.91. The van der Waals surface area contributed by atoms with Gasteiger partial charge in [0.05, 0.1) is 7.11 Å². The lowest BCUT2D eigenvalue weighted by molar-refractivity contribution is -0.156. The molecule has 1 unspecified atom stereocenters. The van der Waals surface area contributed by atoms with Gasteiger partial charge in [-0.25, -0.2) is 4.79 Å². The first-order valence-corrected chi connectivity index (χ1v) is 9.14. The molecule has 7 heteroatoms. The largest absolute Gasteiger partial charge is 0.467 e. The normalized spacial score (nSPS) is 21.2. The SMILES string of the molecule is COC(=O)C(NC(=O)[C@]1(Cc2cccc(C)c2)CCCN1)[C@@H](C)OC(C)=O. The molecule has 0 spiro atoms. The van der Waals surface area contributed by atoms with Crippen LogP contribution in [0.25, 0.3) is 0 Å². The molecule has 1 aromatic carbocycles. The molecule has 0 radical (unpaired) electrons. The lowest BCUT2D eigenvalue weighted by Crippen LogP contribution is -2.60. The van der Waals surface area contributed by atoms with Gasteiger partial charge in [0.15, 0.2) is 6.04 Å². The molecule has 1 heterocycles. The van der Waals surface area contributed by atoms with Gasteiger partial charge in [0, 0.05) is 6.92 Å². The van der Waals surface area contributed by atoms with Gasteiger partial charge in [-0.1, -0.05) is 29.8 Å². The molecule has 3 atom stereocenters. The van der Waals surface area contributed by atoms with Crippen LogP contribution < -0.4 is 10.6 Å². The first-order valence-electron chi connectivity index (χ1n) is 9.14. The van der Waals surface area contributed by atoms with E-state index >= 15 is 0 Å². The molecule has 1 fully saturated rings. The molecule has 1 aliphatic rings. The molecule has 148 valence electrons. The molecular weight excluding hydrogens is 348 g/mol. The summed E-state index contributed by atoms with van der Waals surface area (Å²) in [6.07, 6.45) is 1.19. The Balaban J connectivity index is 2.21. The number of nitrogens with one attached hydrogen (secondary N) is 2. The summed E-state index contributed by atoms with van der Waals surface area (Å²) in [5.74, 6) is -1.48. The summed E-state index contributed by atoms with van der Waals surface area (Å²) in [7, 11) is 1.23. The summed E-state index contributed by atoms with van der Waals surface area (Å²) < 4.78 is 9.87. The molecule has 0 aliphatic carbocycles.